The number of hydrogen-bond donors (Lipinski definition) is 2. The maximum Gasteiger partial charge on any atom is 0.325 e. The number of carbonyl (C=O) groups is 3. The largest absolute Gasteiger partial charge is 0.379 e. The number of rotatable bonds is 7. The Morgan fingerprint density at radius 3 is 2.34 bits per heavy atom. The fraction of sp³-hybridized carbons (Fsp3) is 0.375. The Morgan fingerprint density at radius 1 is 1.06 bits per heavy atom. The van der Waals surface area contributed by atoms with Crippen LogP contribution >= 0.6 is 0 Å². The monoisotopic (exact) mass is 436 g/mol. The molecular formula is C24H28N4O4. The normalized spacial score (nSPS) is 22.5. The number of nitrogens with zero attached hydrogens (tertiary/aromatic N) is 2. The molecule has 4 rings (SSSR count). The van der Waals surface area contributed by atoms with E-state index in [1.54, 1.807) is 19.1 Å². The molecular weight excluding hydrogens is 408 g/mol. The Balaban J connectivity index is 1.41. The van der Waals surface area contributed by atoms with Gasteiger partial charge in [-0.05, 0) is 18.1 Å². The summed E-state index contributed by atoms with van der Waals surface area (Å²) >= 11 is 0. The summed E-state index contributed by atoms with van der Waals surface area (Å²) in [7, 11) is 0. The van der Waals surface area contributed by atoms with Crippen LogP contribution in [-0.2, 0) is 19.9 Å². The summed E-state index contributed by atoms with van der Waals surface area (Å²) in [5, 5.41) is 5.65. The molecule has 0 bridgehead atoms. The first-order chi connectivity index (χ1) is 15.5. The van der Waals surface area contributed by atoms with E-state index in [1.807, 2.05) is 48.5 Å². The molecule has 0 spiro atoms. The van der Waals surface area contributed by atoms with E-state index in [0.717, 1.165) is 23.6 Å². The molecule has 8 nitrogen and oxygen atoms in total. The Labute approximate surface area is 187 Å². The van der Waals surface area contributed by atoms with Gasteiger partial charge in [0.2, 0.25) is 5.91 Å². The van der Waals surface area contributed by atoms with Crippen molar-refractivity contribution in [2.45, 2.75) is 18.5 Å². The lowest BCUT2D eigenvalue weighted by Crippen LogP contribution is -2.46. The highest BCUT2D eigenvalue weighted by atomic mass is 16.5. The molecule has 2 saturated heterocycles. The van der Waals surface area contributed by atoms with Crippen LogP contribution in [0, 0.1) is 0 Å². The van der Waals surface area contributed by atoms with Gasteiger partial charge in [-0.1, -0.05) is 60.7 Å². The van der Waals surface area contributed by atoms with Gasteiger partial charge in [0.15, 0.2) is 0 Å². The van der Waals surface area contributed by atoms with Crippen molar-refractivity contribution in [2.75, 3.05) is 39.4 Å². The van der Waals surface area contributed by atoms with Crippen LogP contribution in [0.4, 0.5) is 4.79 Å². The van der Waals surface area contributed by atoms with Crippen LogP contribution in [0.25, 0.3) is 0 Å². The molecule has 2 unspecified atom stereocenters. The molecule has 168 valence electrons. The standard InChI is InChI=1S/C24H28N4O4/c1-24(19-10-6-3-7-11-19)22(30)28(23(31)26-24)17-21(29)25-16-20(18-8-4-2-5-9-18)27-12-14-32-15-13-27/h2-11,20H,12-17H2,1H3,(H,25,29)(H,26,31). The summed E-state index contributed by atoms with van der Waals surface area (Å²) < 4.78 is 5.46. The molecule has 2 N–H and O–H groups in total. The predicted octanol–water partition coefficient (Wildman–Crippen LogP) is 1.64. The van der Waals surface area contributed by atoms with Crippen molar-refractivity contribution in [1.82, 2.24) is 20.4 Å². The summed E-state index contributed by atoms with van der Waals surface area (Å²) in [6, 6.07) is 18.4. The minimum Gasteiger partial charge on any atom is -0.379 e. The highest BCUT2D eigenvalue weighted by Crippen LogP contribution is 2.28. The molecule has 2 aromatic rings. The average Bonchev–Trinajstić information content (AvgIpc) is 3.05. The summed E-state index contributed by atoms with van der Waals surface area (Å²) in [6.45, 7) is 4.57. The maximum absolute atomic E-state index is 13.0. The Kier molecular flexibility index (Phi) is 6.53. The number of morpholine rings is 1. The van der Waals surface area contributed by atoms with Crippen LogP contribution in [0.1, 0.15) is 24.1 Å². The van der Waals surface area contributed by atoms with Crippen molar-refractivity contribution >= 4 is 17.8 Å². The molecule has 2 aromatic carbocycles. The van der Waals surface area contributed by atoms with E-state index in [-0.39, 0.29) is 18.5 Å². The molecule has 0 aliphatic carbocycles. The number of imide groups is 1. The van der Waals surface area contributed by atoms with E-state index in [9.17, 15) is 14.4 Å². The fourth-order valence-electron chi connectivity index (χ4n) is 4.24. The zero-order valence-corrected chi connectivity index (χ0v) is 18.1. The van der Waals surface area contributed by atoms with E-state index in [4.69, 9.17) is 4.74 Å². The van der Waals surface area contributed by atoms with E-state index in [2.05, 4.69) is 15.5 Å². The predicted molar refractivity (Wildman–Crippen MR) is 119 cm³/mol. The van der Waals surface area contributed by atoms with Crippen molar-refractivity contribution in [2.24, 2.45) is 0 Å². The van der Waals surface area contributed by atoms with Crippen LogP contribution in [-0.4, -0.2) is 67.0 Å². The summed E-state index contributed by atoms with van der Waals surface area (Å²) in [5.41, 5.74) is 0.595. The minimum absolute atomic E-state index is 0.0123. The number of carbonyl (C=O) groups excluding carboxylic acids is 3. The van der Waals surface area contributed by atoms with Gasteiger partial charge in [-0.15, -0.1) is 0 Å². The lowest BCUT2D eigenvalue weighted by Gasteiger charge is -2.35. The number of hydrogen-bond acceptors (Lipinski definition) is 5. The molecule has 2 fully saturated rings. The fourth-order valence-corrected chi connectivity index (χ4v) is 4.24. The van der Waals surface area contributed by atoms with E-state index >= 15 is 0 Å². The van der Waals surface area contributed by atoms with E-state index < -0.39 is 17.5 Å². The summed E-state index contributed by atoms with van der Waals surface area (Å²) in [6.07, 6.45) is 0. The van der Waals surface area contributed by atoms with Gasteiger partial charge in [-0.3, -0.25) is 19.4 Å². The second-order valence-corrected chi connectivity index (χ2v) is 8.19. The van der Waals surface area contributed by atoms with Gasteiger partial charge in [0, 0.05) is 19.6 Å². The van der Waals surface area contributed by atoms with Crippen LogP contribution < -0.4 is 10.6 Å². The van der Waals surface area contributed by atoms with E-state index in [1.165, 1.54) is 0 Å². The molecule has 0 aromatic heterocycles. The number of urea groups is 1. The summed E-state index contributed by atoms with van der Waals surface area (Å²) in [5.74, 6) is -0.809. The van der Waals surface area contributed by atoms with Gasteiger partial charge in [-0.2, -0.15) is 0 Å². The number of amides is 4. The lowest BCUT2D eigenvalue weighted by molar-refractivity contribution is -0.134. The van der Waals surface area contributed by atoms with Gasteiger partial charge in [0.05, 0.1) is 19.3 Å². The number of benzene rings is 2. The Morgan fingerprint density at radius 2 is 1.69 bits per heavy atom. The third-order valence-electron chi connectivity index (χ3n) is 6.09. The SMILES string of the molecule is CC1(c2ccccc2)NC(=O)N(CC(=O)NCC(c2ccccc2)N2CCOCC2)C1=O. The molecule has 2 heterocycles. The van der Waals surface area contributed by atoms with Crippen molar-refractivity contribution in [3.05, 3.63) is 71.8 Å². The first-order valence-electron chi connectivity index (χ1n) is 10.8. The number of nitrogens with one attached hydrogen (secondary N) is 2. The number of ether oxygens (including phenoxy) is 1. The zero-order valence-electron chi connectivity index (χ0n) is 18.1. The van der Waals surface area contributed by atoms with Crippen LogP contribution in [0.2, 0.25) is 0 Å². The molecule has 2 aliphatic heterocycles. The molecule has 2 atom stereocenters. The second-order valence-electron chi connectivity index (χ2n) is 8.19. The first kappa shape index (κ1) is 22.0. The van der Waals surface area contributed by atoms with Gasteiger partial charge < -0.3 is 15.4 Å². The lowest BCUT2D eigenvalue weighted by atomic mass is 9.92. The highest BCUT2D eigenvalue weighted by Gasteiger charge is 2.49. The molecule has 0 radical (unpaired) electrons. The topological polar surface area (TPSA) is 91.0 Å². The van der Waals surface area contributed by atoms with Crippen molar-refractivity contribution in [3.63, 3.8) is 0 Å². The quantitative estimate of drug-likeness (QED) is 0.644. The van der Waals surface area contributed by atoms with Crippen LogP contribution in [0.5, 0.6) is 0 Å². The van der Waals surface area contributed by atoms with Gasteiger partial charge in [0.1, 0.15) is 12.1 Å². The third-order valence-corrected chi connectivity index (χ3v) is 6.09. The third kappa shape index (κ3) is 4.51. The molecule has 8 heteroatoms. The Bertz CT molecular complexity index is 962. The van der Waals surface area contributed by atoms with Crippen LogP contribution in [0.15, 0.2) is 60.7 Å². The smallest absolute Gasteiger partial charge is 0.325 e. The molecule has 4 amide bonds. The molecule has 2 aliphatic rings. The zero-order chi connectivity index (χ0) is 22.6. The van der Waals surface area contributed by atoms with Crippen molar-refractivity contribution in [1.29, 1.82) is 0 Å². The molecule has 32 heavy (non-hydrogen) atoms. The average molecular weight is 437 g/mol. The van der Waals surface area contributed by atoms with E-state index in [0.29, 0.717) is 25.3 Å². The van der Waals surface area contributed by atoms with Gasteiger partial charge in [0.25, 0.3) is 5.91 Å². The molecule has 0 saturated carbocycles. The minimum atomic E-state index is -1.18. The first-order valence-corrected chi connectivity index (χ1v) is 10.8. The van der Waals surface area contributed by atoms with Gasteiger partial charge >= 0.3 is 6.03 Å². The van der Waals surface area contributed by atoms with Crippen molar-refractivity contribution < 1.29 is 19.1 Å². The Hall–Kier alpha value is -3.23. The van der Waals surface area contributed by atoms with Crippen molar-refractivity contribution in [3.8, 4) is 0 Å². The second kappa shape index (κ2) is 9.50. The highest BCUT2D eigenvalue weighted by molar-refractivity contribution is 6.09. The maximum atomic E-state index is 13.0. The van der Waals surface area contributed by atoms with Gasteiger partial charge in [-0.25, -0.2) is 4.79 Å². The van der Waals surface area contributed by atoms with Crippen LogP contribution in [0.3, 0.4) is 0 Å². The summed E-state index contributed by atoms with van der Waals surface area (Å²) in [4.78, 5) is 41.5.